The van der Waals surface area contributed by atoms with Crippen LogP contribution in [0.3, 0.4) is 0 Å². The van der Waals surface area contributed by atoms with E-state index in [0.717, 1.165) is 12.8 Å². The zero-order chi connectivity index (χ0) is 19.8. The van der Waals surface area contributed by atoms with Gasteiger partial charge in [-0.15, -0.1) is 0 Å². The second-order valence-corrected chi connectivity index (χ2v) is 7.53. The average Bonchev–Trinajstić information content (AvgIpc) is 2.95. The van der Waals surface area contributed by atoms with Crippen molar-refractivity contribution in [2.24, 2.45) is 0 Å². The number of aromatic hydroxyl groups is 1. The topological polar surface area (TPSA) is 78.3 Å². The lowest BCUT2D eigenvalue weighted by Crippen LogP contribution is -2.43. The molecule has 28 heavy (non-hydrogen) atoms. The van der Waals surface area contributed by atoms with Crippen LogP contribution >= 0.6 is 11.6 Å². The number of nitrogens with zero attached hydrogens (tertiary/aromatic N) is 2. The number of likely N-dealkylation sites (tertiary alicyclic amines) is 1. The summed E-state index contributed by atoms with van der Waals surface area (Å²) < 4.78 is 15.2. The van der Waals surface area contributed by atoms with Gasteiger partial charge in [0.05, 0.1) is 23.5 Å². The Morgan fingerprint density at radius 3 is 2.89 bits per heavy atom. The number of amides is 1. The Kier molecular flexibility index (Phi) is 4.85. The van der Waals surface area contributed by atoms with Crippen molar-refractivity contribution in [3.05, 3.63) is 63.3 Å². The van der Waals surface area contributed by atoms with Crippen LogP contribution in [0.2, 0.25) is 5.02 Å². The third-order valence-electron chi connectivity index (χ3n) is 5.09. The molecule has 8 heteroatoms. The van der Waals surface area contributed by atoms with Crippen LogP contribution in [0.5, 0.6) is 5.75 Å². The van der Waals surface area contributed by atoms with Crippen LogP contribution in [0.25, 0.3) is 11.0 Å². The van der Waals surface area contributed by atoms with E-state index in [9.17, 15) is 19.1 Å². The Morgan fingerprint density at radius 1 is 1.29 bits per heavy atom. The van der Waals surface area contributed by atoms with Crippen LogP contribution in [0, 0.1) is 5.82 Å². The normalized spacial score (nSPS) is 17.2. The number of benzene rings is 2. The number of imidazole rings is 1. The molecule has 1 aromatic heterocycles. The lowest BCUT2D eigenvalue weighted by Gasteiger charge is -2.33. The highest BCUT2D eigenvalue weighted by Crippen LogP contribution is 2.26. The first kappa shape index (κ1) is 18.6. The standard InChI is InChI=1S/C20H19ClFN3O3/c21-13-6-12(7-14(22)9-13)8-19(27)24-5-1-2-15(11-24)25-18-4-3-16(26)10-17(18)23-20(25)28/h3-4,6-7,9-10,15,26H,1-2,5,8,11H2,(H,23,28)/t15-/m0/s1. The molecule has 0 bridgehead atoms. The van der Waals surface area contributed by atoms with Crippen molar-refractivity contribution in [1.29, 1.82) is 0 Å². The number of hydrogen-bond acceptors (Lipinski definition) is 3. The highest BCUT2D eigenvalue weighted by molar-refractivity contribution is 6.30. The summed E-state index contributed by atoms with van der Waals surface area (Å²) in [6.07, 6.45) is 1.58. The van der Waals surface area contributed by atoms with E-state index in [0.29, 0.717) is 29.7 Å². The Labute approximate surface area is 165 Å². The molecule has 0 spiro atoms. The second-order valence-electron chi connectivity index (χ2n) is 7.09. The number of aromatic amines is 1. The van der Waals surface area contributed by atoms with Crippen molar-refractivity contribution in [3.8, 4) is 5.75 Å². The van der Waals surface area contributed by atoms with E-state index in [1.165, 1.54) is 24.3 Å². The number of phenols is 1. The van der Waals surface area contributed by atoms with Gasteiger partial charge < -0.3 is 15.0 Å². The molecule has 1 aliphatic rings. The molecule has 0 saturated carbocycles. The third-order valence-corrected chi connectivity index (χ3v) is 5.31. The van der Waals surface area contributed by atoms with E-state index in [4.69, 9.17) is 11.6 Å². The molecule has 4 rings (SSSR count). The van der Waals surface area contributed by atoms with E-state index in [1.807, 2.05) is 0 Å². The quantitative estimate of drug-likeness (QED) is 0.704. The molecular weight excluding hydrogens is 385 g/mol. The molecule has 2 N–H and O–H groups in total. The third kappa shape index (κ3) is 3.62. The van der Waals surface area contributed by atoms with E-state index in [-0.39, 0.29) is 34.8 Å². The fourth-order valence-corrected chi connectivity index (χ4v) is 4.12. The van der Waals surface area contributed by atoms with Gasteiger partial charge in [0.1, 0.15) is 11.6 Å². The molecule has 1 saturated heterocycles. The number of rotatable bonds is 3. The van der Waals surface area contributed by atoms with E-state index in [1.54, 1.807) is 21.6 Å². The fraction of sp³-hybridized carbons (Fsp3) is 0.300. The van der Waals surface area contributed by atoms with Gasteiger partial charge in [0.25, 0.3) is 0 Å². The zero-order valence-electron chi connectivity index (χ0n) is 15.0. The molecular formula is C20H19ClFN3O3. The first-order valence-electron chi connectivity index (χ1n) is 9.06. The Balaban J connectivity index is 1.55. The summed E-state index contributed by atoms with van der Waals surface area (Å²) in [5, 5.41) is 9.87. The molecule has 2 aromatic carbocycles. The molecule has 2 heterocycles. The monoisotopic (exact) mass is 403 g/mol. The largest absolute Gasteiger partial charge is 0.508 e. The summed E-state index contributed by atoms with van der Waals surface area (Å²) in [4.78, 5) is 29.6. The molecule has 6 nitrogen and oxygen atoms in total. The van der Waals surface area contributed by atoms with E-state index >= 15 is 0 Å². The number of carbonyl (C=O) groups excluding carboxylic acids is 1. The minimum atomic E-state index is -0.472. The number of fused-ring (bicyclic) bond motifs is 1. The summed E-state index contributed by atoms with van der Waals surface area (Å²) in [6, 6.07) is 8.66. The summed E-state index contributed by atoms with van der Waals surface area (Å²) in [7, 11) is 0. The van der Waals surface area contributed by atoms with Gasteiger partial charge in [0.2, 0.25) is 5.91 Å². The molecule has 3 aromatic rings. The lowest BCUT2D eigenvalue weighted by atomic mass is 10.0. The van der Waals surface area contributed by atoms with Gasteiger partial charge in [-0.25, -0.2) is 9.18 Å². The summed E-state index contributed by atoms with van der Waals surface area (Å²) in [5.74, 6) is -0.521. The second kappa shape index (κ2) is 7.31. The van der Waals surface area contributed by atoms with Gasteiger partial charge in [-0.1, -0.05) is 11.6 Å². The maximum absolute atomic E-state index is 13.5. The smallest absolute Gasteiger partial charge is 0.326 e. The predicted octanol–water partition coefficient (Wildman–Crippen LogP) is 3.23. The van der Waals surface area contributed by atoms with E-state index in [2.05, 4.69) is 4.98 Å². The lowest BCUT2D eigenvalue weighted by molar-refractivity contribution is -0.132. The van der Waals surface area contributed by atoms with Crippen molar-refractivity contribution in [2.75, 3.05) is 13.1 Å². The fourth-order valence-electron chi connectivity index (χ4n) is 3.87. The van der Waals surface area contributed by atoms with Crippen molar-refractivity contribution < 1.29 is 14.3 Å². The van der Waals surface area contributed by atoms with E-state index < -0.39 is 5.82 Å². The first-order valence-corrected chi connectivity index (χ1v) is 9.44. The maximum Gasteiger partial charge on any atom is 0.326 e. The summed E-state index contributed by atoms with van der Waals surface area (Å²) in [5.41, 5.74) is 1.51. The van der Waals surface area contributed by atoms with Crippen molar-refractivity contribution >= 4 is 28.5 Å². The Morgan fingerprint density at radius 2 is 2.11 bits per heavy atom. The number of phenolic OH excluding ortho intramolecular Hbond substituents is 1. The predicted molar refractivity (Wildman–Crippen MR) is 104 cm³/mol. The van der Waals surface area contributed by atoms with Crippen LogP contribution in [-0.4, -0.2) is 38.6 Å². The van der Waals surface area contributed by atoms with Gasteiger partial charge in [-0.3, -0.25) is 9.36 Å². The minimum Gasteiger partial charge on any atom is -0.508 e. The molecule has 0 unspecified atom stereocenters. The van der Waals surface area contributed by atoms with Gasteiger partial charge in [-0.2, -0.15) is 0 Å². The number of carbonyl (C=O) groups is 1. The number of H-pyrrole nitrogens is 1. The highest BCUT2D eigenvalue weighted by Gasteiger charge is 2.27. The molecule has 1 aliphatic heterocycles. The average molecular weight is 404 g/mol. The zero-order valence-corrected chi connectivity index (χ0v) is 15.7. The summed E-state index contributed by atoms with van der Waals surface area (Å²) in [6.45, 7) is 0.992. The van der Waals surface area contributed by atoms with Crippen molar-refractivity contribution in [3.63, 3.8) is 0 Å². The molecule has 0 aliphatic carbocycles. The molecule has 146 valence electrons. The van der Waals surface area contributed by atoms with Crippen molar-refractivity contribution in [2.45, 2.75) is 25.3 Å². The van der Waals surface area contributed by atoms with Gasteiger partial charge >= 0.3 is 5.69 Å². The van der Waals surface area contributed by atoms with Crippen LogP contribution in [0.1, 0.15) is 24.4 Å². The number of piperidine rings is 1. The number of aromatic nitrogens is 2. The van der Waals surface area contributed by atoms with Crippen molar-refractivity contribution in [1.82, 2.24) is 14.5 Å². The number of nitrogens with one attached hydrogen (secondary N) is 1. The van der Waals surface area contributed by atoms with Crippen LogP contribution in [0.15, 0.2) is 41.2 Å². The van der Waals surface area contributed by atoms with Gasteiger partial charge in [-0.05, 0) is 48.7 Å². The molecule has 1 amide bonds. The highest BCUT2D eigenvalue weighted by atomic mass is 35.5. The minimum absolute atomic E-state index is 0.0564. The summed E-state index contributed by atoms with van der Waals surface area (Å²) >= 11 is 5.87. The Bertz CT molecular complexity index is 1090. The van der Waals surface area contributed by atoms with Crippen LogP contribution < -0.4 is 5.69 Å². The van der Waals surface area contributed by atoms with Crippen LogP contribution in [0.4, 0.5) is 4.39 Å². The number of hydrogen-bond donors (Lipinski definition) is 2. The molecule has 0 radical (unpaired) electrons. The SMILES string of the molecule is O=C(Cc1cc(F)cc(Cl)c1)N1CCC[C@H](n2c(=O)[nH]c3cc(O)ccc32)C1. The molecule has 1 fully saturated rings. The number of halogens is 2. The Hall–Kier alpha value is -2.80. The van der Waals surface area contributed by atoms with Gasteiger partial charge in [0, 0.05) is 24.2 Å². The maximum atomic E-state index is 13.5. The van der Waals surface area contributed by atoms with Gasteiger partial charge in [0.15, 0.2) is 0 Å². The molecule has 1 atom stereocenters. The van der Waals surface area contributed by atoms with Crippen LogP contribution in [-0.2, 0) is 11.2 Å². The first-order chi connectivity index (χ1) is 13.4.